The van der Waals surface area contributed by atoms with Gasteiger partial charge in [0.25, 0.3) is 0 Å². The van der Waals surface area contributed by atoms with Crippen molar-refractivity contribution < 1.29 is 18.3 Å². The topological polar surface area (TPSA) is 86.7 Å². The van der Waals surface area contributed by atoms with Crippen LogP contribution in [0.15, 0.2) is 0 Å². The first-order valence-corrected chi connectivity index (χ1v) is 7.93. The van der Waals surface area contributed by atoms with E-state index in [2.05, 4.69) is 9.62 Å². The zero-order chi connectivity index (χ0) is 13.3. The SMILES string of the molecule is CC(C(=O)O)S(=O)(=O)NC1CCN(C2CC2)CC1. The normalized spacial score (nSPS) is 24.9. The van der Waals surface area contributed by atoms with Crippen molar-refractivity contribution in [3.63, 3.8) is 0 Å². The molecule has 0 radical (unpaired) electrons. The Labute approximate surface area is 107 Å². The summed E-state index contributed by atoms with van der Waals surface area (Å²) < 4.78 is 26.0. The minimum atomic E-state index is -3.75. The lowest BCUT2D eigenvalue weighted by Crippen LogP contribution is -2.48. The van der Waals surface area contributed by atoms with E-state index in [1.54, 1.807) is 0 Å². The number of piperidine rings is 1. The van der Waals surface area contributed by atoms with Crippen molar-refractivity contribution in [2.75, 3.05) is 13.1 Å². The summed E-state index contributed by atoms with van der Waals surface area (Å²) in [4.78, 5) is 13.1. The van der Waals surface area contributed by atoms with Gasteiger partial charge in [0.05, 0.1) is 0 Å². The number of nitrogens with one attached hydrogen (secondary N) is 1. The first kappa shape index (κ1) is 13.8. The monoisotopic (exact) mass is 276 g/mol. The Morgan fingerprint density at radius 2 is 1.83 bits per heavy atom. The number of rotatable bonds is 5. The zero-order valence-electron chi connectivity index (χ0n) is 10.5. The fourth-order valence-electron chi connectivity index (χ4n) is 2.29. The summed E-state index contributed by atoms with van der Waals surface area (Å²) in [6.45, 7) is 3.00. The van der Waals surface area contributed by atoms with Gasteiger partial charge >= 0.3 is 5.97 Å². The Balaban J connectivity index is 1.85. The molecule has 1 atom stereocenters. The first-order chi connectivity index (χ1) is 8.40. The van der Waals surface area contributed by atoms with Crippen LogP contribution in [0.5, 0.6) is 0 Å². The lowest BCUT2D eigenvalue weighted by Gasteiger charge is -2.32. The second-order valence-electron chi connectivity index (χ2n) is 5.18. The Hall–Kier alpha value is -0.660. The molecule has 1 aliphatic heterocycles. The van der Waals surface area contributed by atoms with E-state index in [1.807, 2.05) is 0 Å². The number of aliphatic carboxylic acids is 1. The van der Waals surface area contributed by atoms with E-state index in [4.69, 9.17) is 5.11 Å². The largest absolute Gasteiger partial charge is 0.480 e. The van der Waals surface area contributed by atoms with Crippen LogP contribution in [0.4, 0.5) is 0 Å². The minimum Gasteiger partial charge on any atom is -0.480 e. The molecule has 2 aliphatic rings. The van der Waals surface area contributed by atoms with Gasteiger partial charge in [0, 0.05) is 12.1 Å². The number of hydrogen-bond donors (Lipinski definition) is 2. The third-order valence-corrected chi connectivity index (χ3v) is 5.53. The van der Waals surface area contributed by atoms with E-state index >= 15 is 0 Å². The van der Waals surface area contributed by atoms with Gasteiger partial charge in [-0.3, -0.25) is 4.79 Å². The minimum absolute atomic E-state index is 0.119. The lowest BCUT2D eigenvalue weighted by molar-refractivity contribution is -0.136. The molecular formula is C11H20N2O4S. The number of carbonyl (C=O) groups is 1. The smallest absolute Gasteiger partial charge is 0.323 e. The molecule has 0 aromatic carbocycles. The molecule has 0 bridgehead atoms. The third-order valence-electron chi connectivity index (χ3n) is 3.74. The van der Waals surface area contributed by atoms with E-state index in [-0.39, 0.29) is 6.04 Å². The van der Waals surface area contributed by atoms with E-state index in [1.165, 1.54) is 19.8 Å². The fourth-order valence-corrected chi connectivity index (χ4v) is 3.46. The molecule has 2 N–H and O–H groups in total. The fraction of sp³-hybridized carbons (Fsp3) is 0.909. The van der Waals surface area contributed by atoms with E-state index in [0.29, 0.717) is 6.04 Å². The molecule has 7 heteroatoms. The van der Waals surface area contributed by atoms with Crippen LogP contribution < -0.4 is 4.72 Å². The summed E-state index contributed by atoms with van der Waals surface area (Å²) in [5, 5.41) is 7.35. The van der Waals surface area contributed by atoms with Gasteiger partial charge in [-0.25, -0.2) is 13.1 Å². The maximum Gasteiger partial charge on any atom is 0.323 e. The summed E-state index contributed by atoms with van der Waals surface area (Å²) in [6.07, 6.45) is 4.04. The molecule has 0 spiro atoms. The number of hydrogen-bond acceptors (Lipinski definition) is 4. The highest BCUT2D eigenvalue weighted by Crippen LogP contribution is 2.29. The molecule has 6 nitrogen and oxygen atoms in total. The molecule has 0 amide bonds. The summed E-state index contributed by atoms with van der Waals surface area (Å²) in [5.74, 6) is -1.31. The van der Waals surface area contributed by atoms with E-state index in [9.17, 15) is 13.2 Å². The molecule has 0 aromatic heterocycles. The highest BCUT2D eigenvalue weighted by Gasteiger charge is 2.34. The van der Waals surface area contributed by atoms with Crippen molar-refractivity contribution >= 4 is 16.0 Å². The van der Waals surface area contributed by atoms with Crippen LogP contribution in [-0.4, -0.2) is 54.8 Å². The highest BCUT2D eigenvalue weighted by atomic mass is 32.2. The van der Waals surface area contributed by atoms with Gasteiger partial charge < -0.3 is 10.0 Å². The Bertz CT molecular complexity index is 411. The molecule has 2 rings (SSSR count). The first-order valence-electron chi connectivity index (χ1n) is 6.38. The number of nitrogens with zero attached hydrogens (tertiary/aromatic N) is 1. The third kappa shape index (κ3) is 3.21. The highest BCUT2D eigenvalue weighted by molar-refractivity contribution is 7.90. The van der Waals surface area contributed by atoms with Gasteiger partial charge in [0.1, 0.15) is 0 Å². The molecule has 18 heavy (non-hydrogen) atoms. The van der Waals surface area contributed by atoms with Gasteiger partial charge in [0.15, 0.2) is 5.25 Å². The van der Waals surface area contributed by atoms with E-state index in [0.717, 1.165) is 25.9 Å². The van der Waals surface area contributed by atoms with Gasteiger partial charge in [-0.2, -0.15) is 0 Å². The second-order valence-corrected chi connectivity index (χ2v) is 7.22. The average molecular weight is 276 g/mol. The van der Waals surface area contributed by atoms with Crippen molar-refractivity contribution in [2.24, 2.45) is 0 Å². The van der Waals surface area contributed by atoms with Gasteiger partial charge in [-0.15, -0.1) is 0 Å². The zero-order valence-corrected chi connectivity index (χ0v) is 11.3. The molecule has 1 saturated heterocycles. The standard InChI is InChI=1S/C11H20N2O4S/c1-8(11(14)15)18(16,17)12-9-4-6-13(7-5-9)10-2-3-10/h8-10,12H,2-7H2,1H3,(H,14,15). The summed E-state index contributed by atoms with van der Waals surface area (Å²) in [6, 6.07) is 0.590. The Kier molecular flexibility index (Phi) is 3.93. The van der Waals surface area contributed by atoms with Crippen molar-refractivity contribution in [1.29, 1.82) is 0 Å². The lowest BCUT2D eigenvalue weighted by atomic mass is 10.1. The summed E-state index contributed by atoms with van der Waals surface area (Å²) in [7, 11) is -3.75. The molecule has 1 aliphatic carbocycles. The maximum atomic E-state index is 11.8. The number of likely N-dealkylation sites (tertiary alicyclic amines) is 1. The van der Waals surface area contributed by atoms with Crippen LogP contribution in [0.1, 0.15) is 32.6 Å². The predicted molar refractivity (Wildman–Crippen MR) is 66.8 cm³/mol. The van der Waals surface area contributed by atoms with Gasteiger partial charge in [0.2, 0.25) is 10.0 Å². The van der Waals surface area contributed by atoms with Crippen LogP contribution in [0.2, 0.25) is 0 Å². The molecule has 2 fully saturated rings. The summed E-state index contributed by atoms with van der Waals surface area (Å²) >= 11 is 0. The molecule has 1 unspecified atom stereocenters. The molecular weight excluding hydrogens is 256 g/mol. The van der Waals surface area contributed by atoms with Crippen molar-refractivity contribution in [1.82, 2.24) is 9.62 Å². The van der Waals surface area contributed by atoms with Crippen LogP contribution in [0.3, 0.4) is 0 Å². The van der Waals surface area contributed by atoms with Crippen molar-refractivity contribution in [2.45, 2.75) is 49.9 Å². The maximum absolute atomic E-state index is 11.8. The van der Waals surface area contributed by atoms with E-state index < -0.39 is 21.2 Å². The average Bonchev–Trinajstić information content (AvgIpc) is 3.12. The Morgan fingerprint density at radius 3 is 2.28 bits per heavy atom. The predicted octanol–water partition coefficient (Wildman–Crippen LogP) is 0.00570. The number of carboxylic acid groups (broad SMARTS) is 1. The molecule has 1 saturated carbocycles. The van der Waals surface area contributed by atoms with Gasteiger partial charge in [-0.1, -0.05) is 0 Å². The van der Waals surface area contributed by atoms with Crippen LogP contribution in [-0.2, 0) is 14.8 Å². The molecule has 104 valence electrons. The quantitative estimate of drug-likeness (QED) is 0.738. The molecule has 0 aromatic rings. The van der Waals surface area contributed by atoms with Gasteiger partial charge in [-0.05, 0) is 45.7 Å². The van der Waals surface area contributed by atoms with Crippen LogP contribution in [0, 0.1) is 0 Å². The summed E-state index contributed by atoms with van der Waals surface area (Å²) in [5.41, 5.74) is 0. The number of sulfonamides is 1. The second kappa shape index (κ2) is 5.14. The Morgan fingerprint density at radius 1 is 1.28 bits per heavy atom. The number of carboxylic acids is 1. The molecule has 1 heterocycles. The van der Waals surface area contributed by atoms with Crippen molar-refractivity contribution in [3.05, 3.63) is 0 Å². The van der Waals surface area contributed by atoms with Crippen LogP contribution in [0.25, 0.3) is 0 Å². The van der Waals surface area contributed by atoms with Crippen LogP contribution >= 0.6 is 0 Å². The van der Waals surface area contributed by atoms with Crippen molar-refractivity contribution in [3.8, 4) is 0 Å².